The van der Waals surface area contributed by atoms with Crippen molar-refractivity contribution in [3.8, 4) is 0 Å². The maximum absolute atomic E-state index is 11.7. The van der Waals surface area contributed by atoms with Gasteiger partial charge in [-0.15, -0.1) is 0 Å². The number of hydrogen-bond acceptors (Lipinski definition) is 3. The minimum Gasteiger partial charge on any atom is -0.309 e. The fraction of sp³-hybridized carbons (Fsp3) is 0.133. The molecule has 0 bridgehead atoms. The largest absolute Gasteiger partial charge is 0.309 e. The number of rotatable bonds is 2. The molecule has 0 fully saturated rings. The van der Waals surface area contributed by atoms with E-state index in [2.05, 4.69) is 9.97 Å². The van der Waals surface area contributed by atoms with Gasteiger partial charge in [0.2, 0.25) is 0 Å². The highest BCUT2D eigenvalue weighted by molar-refractivity contribution is 5.74. The quantitative estimate of drug-likeness (QED) is 0.701. The molecule has 0 aliphatic rings. The number of aromatic nitrogens is 3. The molecule has 0 saturated carbocycles. The predicted octanol–water partition coefficient (Wildman–Crippen LogP) is 2.15. The van der Waals surface area contributed by atoms with Gasteiger partial charge >= 0.3 is 0 Å². The Labute approximate surface area is 110 Å². The van der Waals surface area contributed by atoms with Crippen molar-refractivity contribution in [2.45, 2.75) is 13.5 Å². The third-order valence-electron chi connectivity index (χ3n) is 3.06. The van der Waals surface area contributed by atoms with E-state index < -0.39 is 0 Å². The zero-order valence-corrected chi connectivity index (χ0v) is 10.6. The maximum atomic E-state index is 11.7. The summed E-state index contributed by atoms with van der Waals surface area (Å²) in [4.78, 5) is 20.8. The SMILES string of the molecule is Cc1nc2ccccc2nc1Cn1ccccc1=O. The third kappa shape index (κ3) is 2.25. The van der Waals surface area contributed by atoms with Crippen molar-refractivity contribution in [3.63, 3.8) is 0 Å². The van der Waals surface area contributed by atoms with E-state index >= 15 is 0 Å². The van der Waals surface area contributed by atoms with E-state index in [1.165, 1.54) is 0 Å². The maximum Gasteiger partial charge on any atom is 0.250 e. The summed E-state index contributed by atoms with van der Waals surface area (Å²) in [6.07, 6.45) is 1.76. The molecule has 1 aromatic carbocycles. The van der Waals surface area contributed by atoms with Crippen LogP contribution in [0.2, 0.25) is 0 Å². The van der Waals surface area contributed by atoms with Crippen LogP contribution >= 0.6 is 0 Å². The van der Waals surface area contributed by atoms with Crippen LogP contribution in [0.1, 0.15) is 11.4 Å². The lowest BCUT2D eigenvalue weighted by Gasteiger charge is -2.08. The molecular formula is C15H13N3O. The molecule has 4 heteroatoms. The van der Waals surface area contributed by atoms with E-state index in [4.69, 9.17) is 0 Å². The van der Waals surface area contributed by atoms with Crippen LogP contribution in [0.15, 0.2) is 53.5 Å². The summed E-state index contributed by atoms with van der Waals surface area (Å²) in [6.45, 7) is 2.37. The minimum atomic E-state index is -0.0307. The van der Waals surface area contributed by atoms with Gasteiger partial charge < -0.3 is 4.57 Å². The van der Waals surface area contributed by atoms with Gasteiger partial charge in [-0.25, -0.2) is 9.97 Å². The summed E-state index contributed by atoms with van der Waals surface area (Å²) in [7, 11) is 0. The Kier molecular flexibility index (Phi) is 2.83. The van der Waals surface area contributed by atoms with Gasteiger partial charge in [0.1, 0.15) is 0 Å². The first kappa shape index (κ1) is 11.6. The average molecular weight is 251 g/mol. The summed E-state index contributed by atoms with van der Waals surface area (Å²) in [5, 5.41) is 0. The highest BCUT2D eigenvalue weighted by Gasteiger charge is 2.06. The van der Waals surface area contributed by atoms with Gasteiger partial charge in [-0.1, -0.05) is 18.2 Å². The Morgan fingerprint density at radius 3 is 2.42 bits per heavy atom. The summed E-state index contributed by atoms with van der Waals surface area (Å²) >= 11 is 0. The molecular weight excluding hydrogens is 238 g/mol. The second-order valence-corrected chi connectivity index (χ2v) is 4.41. The lowest BCUT2D eigenvalue weighted by molar-refractivity contribution is 0.732. The van der Waals surface area contributed by atoms with Crippen molar-refractivity contribution in [3.05, 3.63) is 70.4 Å². The molecule has 0 atom stereocenters. The van der Waals surface area contributed by atoms with E-state index in [1.54, 1.807) is 22.9 Å². The molecule has 0 spiro atoms. The van der Waals surface area contributed by atoms with Crippen LogP contribution in [0, 0.1) is 6.92 Å². The van der Waals surface area contributed by atoms with Crippen molar-refractivity contribution in [2.75, 3.05) is 0 Å². The number of nitrogens with zero attached hydrogens (tertiary/aromatic N) is 3. The van der Waals surface area contributed by atoms with Crippen LogP contribution < -0.4 is 5.56 Å². The molecule has 4 nitrogen and oxygen atoms in total. The summed E-state index contributed by atoms with van der Waals surface area (Å²) in [5.74, 6) is 0. The summed E-state index contributed by atoms with van der Waals surface area (Å²) in [6, 6.07) is 12.9. The smallest absolute Gasteiger partial charge is 0.250 e. The van der Waals surface area contributed by atoms with E-state index in [9.17, 15) is 4.79 Å². The number of pyridine rings is 1. The molecule has 0 aliphatic carbocycles. The van der Waals surface area contributed by atoms with Gasteiger partial charge in [-0.2, -0.15) is 0 Å². The highest BCUT2D eigenvalue weighted by Crippen LogP contribution is 2.12. The van der Waals surface area contributed by atoms with Gasteiger partial charge in [-0.05, 0) is 25.1 Å². The molecule has 3 rings (SSSR count). The number of para-hydroxylation sites is 2. The number of fused-ring (bicyclic) bond motifs is 1. The molecule has 0 saturated heterocycles. The Hall–Kier alpha value is -2.49. The molecule has 94 valence electrons. The van der Waals surface area contributed by atoms with E-state index in [-0.39, 0.29) is 5.56 Å². The van der Waals surface area contributed by atoms with E-state index in [0.717, 1.165) is 22.4 Å². The zero-order valence-electron chi connectivity index (χ0n) is 10.6. The first-order chi connectivity index (χ1) is 9.24. The summed E-state index contributed by atoms with van der Waals surface area (Å²) in [5.41, 5.74) is 3.38. The molecule has 0 N–H and O–H groups in total. The van der Waals surface area contributed by atoms with Crippen LogP contribution in [-0.2, 0) is 6.54 Å². The zero-order chi connectivity index (χ0) is 13.2. The van der Waals surface area contributed by atoms with Crippen LogP contribution in [-0.4, -0.2) is 14.5 Å². The lowest BCUT2D eigenvalue weighted by atomic mass is 10.2. The van der Waals surface area contributed by atoms with Crippen LogP contribution in [0.5, 0.6) is 0 Å². The van der Waals surface area contributed by atoms with Gasteiger partial charge in [0.15, 0.2) is 0 Å². The topological polar surface area (TPSA) is 47.8 Å². The minimum absolute atomic E-state index is 0.0307. The second-order valence-electron chi connectivity index (χ2n) is 4.41. The Morgan fingerprint density at radius 2 is 1.68 bits per heavy atom. The fourth-order valence-corrected chi connectivity index (χ4v) is 2.03. The molecule has 3 aromatic rings. The van der Waals surface area contributed by atoms with E-state index in [1.807, 2.05) is 37.3 Å². The van der Waals surface area contributed by atoms with Crippen LogP contribution in [0.3, 0.4) is 0 Å². The van der Waals surface area contributed by atoms with Crippen molar-refractivity contribution in [1.29, 1.82) is 0 Å². The molecule has 0 amide bonds. The fourth-order valence-electron chi connectivity index (χ4n) is 2.03. The Balaban J connectivity index is 2.08. The second kappa shape index (κ2) is 4.65. The number of hydrogen-bond donors (Lipinski definition) is 0. The van der Waals surface area contributed by atoms with Crippen molar-refractivity contribution < 1.29 is 0 Å². The number of aryl methyl sites for hydroxylation is 1. The molecule has 0 unspecified atom stereocenters. The lowest BCUT2D eigenvalue weighted by Crippen LogP contribution is -2.19. The first-order valence-corrected chi connectivity index (χ1v) is 6.12. The first-order valence-electron chi connectivity index (χ1n) is 6.12. The molecule has 2 heterocycles. The van der Waals surface area contributed by atoms with Crippen LogP contribution in [0.4, 0.5) is 0 Å². The van der Waals surface area contributed by atoms with Gasteiger partial charge in [0.05, 0.1) is 29.0 Å². The third-order valence-corrected chi connectivity index (χ3v) is 3.06. The van der Waals surface area contributed by atoms with Gasteiger partial charge in [0, 0.05) is 12.3 Å². The Bertz CT molecular complexity index is 792. The Morgan fingerprint density at radius 1 is 1.00 bits per heavy atom. The molecule has 19 heavy (non-hydrogen) atoms. The van der Waals surface area contributed by atoms with Gasteiger partial charge in [0.25, 0.3) is 5.56 Å². The van der Waals surface area contributed by atoms with Crippen molar-refractivity contribution in [2.24, 2.45) is 0 Å². The number of benzene rings is 1. The normalized spacial score (nSPS) is 10.8. The average Bonchev–Trinajstić information content (AvgIpc) is 2.42. The monoisotopic (exact) mass is 251 g/mol. The predicted molar refractivity (Wildman–Crippen MR) is 74.1 cm³/mol. The van der Waals surface area contributed by atoms with E-state index in [0.29, 0.717) is 6.54 Å². The molecule has 0 aliphatic heterocycles. The van der Waals surface area contributed by atoms with Crippen molar-refractivity contribution in [1.82, 2.24) is 14.5 Å². The standard InChI is InChI=1S/C15H13N3O/c1-11-14(10-18-9-5-4-8-15(18)19)17-13-7-3-2-6-12(13)16-11/h2-9H,10H2,1H3. The van der Waals surface area contributed by atoms with Gasteiger partial charge in [-0.3, -0.25) is 4.79 Å². The highest BCUT2D eigenvalue weighted by atomic mass is 16.1. The molecule has 2 aromatic heterocycles. The van der Waals surface area contributed by atoms with Crippen LogP contribution in [0.25, 0.3) is 11.0 Å². The molecule has 0 radical (unpaired) electrons. The van der Waals surface area contributed by atoms with Crippen molar-refractivity contribution >= 4 is 11.0 Å². The summed E-state index contributed by atoms with van der Waals surface area (Å²) < 4.78 is 1.63.